The van der Waals surface area contributed by atoms with Gasteiger partial charge in [0.25, 0.3) is 0 Å². The van der Waals surface area contributed by atoms with E-state index in [0.29, 0.717) is 33.4 Å². The number of carboxylic acid groups (broad SMARTS) is 2. The van der Waals surface area contributed by atoms with Crippen LogP contribution in [0.15, 0.2) is 69.9 Å². The van der Waals surface area contributed by atoms with E-state index in [1.54, 1.807) is 30.3 Å². The van der Waals surface area contributed by atoms with Gasteiger partial charge in [0.2, 0.25) is 0 Å². The quantitative estimate of drug-likeness (QED) is 0.536. The highest BCUT2D eigenvalue weighted by molar-refractivity contribution is 6.08. The standard InChI is InChI=1S/C21H12O6/c22-12-6-8-15-18(10-12)27-17-4-2-1-3-14(17)19(15)13-7-5-11(20(23)24)9-16(13)21(25)26/h1-10H,(H,23,24)(H,25,26). The van der Waals surface area contributed by atoms with Crippen LogP contribution in [0.25, 0.3) is 33.4 Å². The van der Waals surface area contributed by atoms with Gasteiger partial charge in [-0.15, -0.1) is 0 Å². The molecule has 0 aromatic heterocycles. The Balaban J connectivity index is 2.17. The van der Waals surface area contributed by atoms with E-state index < -0.39 is 11.9 Å². The molecule has 2 aliphatic rings. The molecule has 0 amide bonds. The molecule has 1 aliphatic carbocycles. The lowest BCUT2D eigenvalue weighted by Gasteiger charge is -2.16. The van der Waals surface area contributed by atoms with Gasteiger partial charge in [0.15, 0.2) is 5.43 Å². The first kappa shape index (κ1) is 16.5. The van der Waals surface area contributed by atoms with Crippen molar-refractivity contribution in [3.63, 3.8) is 0 Å². The molecule has 2 aromatic carbocycles. The second-order valence-electron chi connectivity index (χ2n) is 6.00. The molecule has 2 N–H and O–H groups in total. The van der Waals surface area contributed by atoms with Gasteiger partial charge in [0.1, 0.15) is 11.3 Å². The Morgan fingerprint density at radius 3 is 2.30 bits per heavy atom. The van der Waals surface area contributed by atoms with E-state index in [9.17, 15) is 24.6 Å². The molecule has 0 bridgehead atoms. The minimum Gasteiger partial charge on any atom is -0.478 e. The van der Waals surface area contributed by atoms with E-state index in [1.807, 2.05) is 0 Å². The molecule has 132 valence electrons. The first-order valence-electron chi connectivity index (χ1n) is 8.02. The fourth-order valence-corrected chi connectivity index (χ4v) is 3.18. The van der Waals surface area contributed by atoms with Crippen LogP contribution >= 0.6 is 0 Å². The molecular formula is C21H12O6. The van der Waals surface area contributed by atoms with Crippen LogP contribution in [0.2, 0.25) is 0 Å². The highest BCUT2D eigenvalue weighted by Gasteiger charge is 2.22. The number of aromatic carboxylic acids is 2. The van der Waals surface area contributed by atoms with Crippen molar-refractivity contribution in [2.45, 2.75) is 0 Å². The molecule has 0 unspecified atom stereocenters. The smallest absolute Gasteiger partial charge is 0.336 e. The lowest BCUT2D eigenvalue weighted by Crippen LogP contribution is -2.06. The van der Waals surface area contributed by atoms with Gasteiger partial charge in [0, 0.05) is 22.6 Å². The molecule has 6 heteroatoms. The first-order chi connectivity index (χ1) is 13.0. The summed E-state index contributed by atoms with van der Waals surface area (Å²) in [5, 5.41) is 19.5. The summed E-state index contributed by atoms with van der Waals surface area (Å²) in [6.07, 6.45) is 0. The zero-order chi connectivity index (χ0) is 19.1. The molecule has 0 spiro atoms. The molecule has 6 nitrogen and oxygen atoms in total. The third kappa shape index (κ3) is 2.73. The van der Waals surface area contributed by atoms with Gasteiger partial charge in [0.05, 0.1) is 11.1 Å². The number of hydrogen-bond acceptors (Lipinski definition) is 4. The van der Waals surface area contributed by atoms with Crippen molar-refractivity contribution in [2.75, 3.05) is 0 Å². The van der Waals surface area contributed by atoms with Crippen LogP contribution in [0.1, 0.15) is 20.7 Å². The maximum Gasteiger partial charge on any atom is 0.336 e. The van der Waals surface area contributed by atoms with Crippen molar-refractivity contribution >= 4 is 22.9 Å². The molecule has 0 atom stereocenters. The van der Waals surface area contributed by atoms with E-state index >= 15 is 0 Å². The number of para-hydroxylation sites is 1. The molecule has 27 heavy (non-hydrogen) atoms. The summed E-state index contributed by atoms with van der Waals surface area (Å²) in [5.74, 6) is -2.13. The predicted molar refractivity (Wildman–Crippen MR) is 98.5 cm³/mol. The lowest BCUT2D eigenvalue weighted by atomic mass is 9.90. The lowest BCUT2D eigenvalue weighted by molar-refractivity contribution is 0.0696. The van der Waals surface area contributed by atoms with Crippen LogP contribution in [-0.4, -0.2) is 22.2 Å². The minimum absolute atomic E-state index is 0.118. The van der Waals surface area contributed by atoms with Crippen molar-refractivity contribution in [2.24, 2.45) is 0 Å². The predicted octanol–water partition coefficient (Wildman–Crippen LogP) is 3.96. The topological polar surface area (TPSA) is 105 Å². The highest BCUT2D eigenvalue weighted by Crippen LogP contribution is 2.41. The Hall–Kier alpha value is -3.93. The van der Waals surface area contributed by atoms with E-state index in [-0.39, 0.29) is 16.6 Å². The molecule has 0 radical (unpaired) electrons. The fraction of sp³-hybridized carbons (Fsp3) is 0. The van der Waals surface area contributed by atoms with Crippen LogP contribution < -0.4 is 5.43 Å². The maximum atomic E-state index is 11.8. The number of fused-ring (bicyclic) bond motifs is 2. The van der Waals surface area contributed by atoms with Crippen molar-refractivity contribution < 1.29 is 24.2 Å². The van der Waals surface area contributed by atoms with Gasteiger partial charge in [-0.25, -0.2) is 9.59 Å². The summed E-state index contributed by atoms with van der Waals surface area (Å²) in [7, 11) is 0. The van der Waals surface area contributed by atoms with Gasteiger partial charge in [-0.2, -0.15) is 0 Å². The average Bonchev–Trinajstić information content (AvgIpc) is 2.65. The summed E-state index contributed by atoms with van der Waals surface area (Å²) in [6.45, 7) is 0. The number of rotatable bonds is 3. The van der Waals surface area contributed by atoms with Gasteiger partial charge >= 0.3 is 11.9 Å². The highest BCUT2D eigenvalue weighted by atomic mass is 16.4. The second kappa shape index (κ2) is 6.10. The Labute approximate surface area is 152 Å². The van der Waals surface area contributed by atoms with E-state index in [4.69, 9.17) is 4.42 Å². The SMILES string of the molecule is O=C(O)c1ccc(-c2c3ccc(=O)cc-3oc3ccccc23)c(C(=O)O)c1. The summed E-state index contributed by atoms with van der Waals surface area (Å²) >= 11 is 0. The fourth-order valence-electron chi connectivity index (χ4n) is 3.18. The van der Waals surface area contributed by atoms with Gasteiger partial charge in [-0.1, -0.05) is 24.3 Å². The zero-order valence-corrected chi connectivity index (χ0v) is 13.8. The number of hydrogen-bond donors (Lipinski definition) is 2. The van der Waals surface area contributed by atoms with Crippen LogP contribution in [0.4, 0.5) is 0 Å². The van der Waals surface area contributed by atoms with Crippen LogP contribution in [-0.2, 0) is 0 Å². The summed E-state index contributed by atoms with van der Waals surface area (Å²) < 4.78 is 5.81. The van der Waals surface area contributed by atoms with Gasteiger partial charge in [-0.3, -0.25) is 4.79 Å². The van der Waals surface area contributed by atoms with Gasteiger partial charge in [-0.05, 0) is 35.9 Å². The Morgan fingerprint density at radius 1 is 0.815 bits per heavy atom. The minimum atomic E-state index is -1.24. The third-order valence-electron chi connectivity index (χ3n) is 4.36. The third-order valence-corrected chi connectivity index (χ3v) is 4.36. The number of benzene rings is 3. The van der Waals surface area contributed by atoms with Crippen molar-refractivity contribution in [1.29, 1.82) is 0 Å². The van der Waals surface area contributed by atoms with E-state index in [0.717, 1.165) is 6.07 Å². The van der Waals surface area contributed by atoms with Crippen molar-refractivity contribution in [1.82, 2.24) is 0 Å². The van der Waals surface area contributed by atoms with Crippen LogP contribution in [0.5, 0.6) is 0 Å². The molecule has 0 fully saturated rings. The summed E-state index contributed by atoms with van der Waals surface area (Å²) in [6, 6.07) is 15.3. The Bertz CT molecular complexity index is 1250. The summed E-state index contributed by atoms with van der Waals surface area (Å²) in [4.78, 5) is 34.8. The van der Waals surface area contributed by atoms with Crippen LogP contribution in [0, 0.1) is 0 Å². The second-order valence-corrected chi connectivity index (χ2v) is 6.00. The molecule has 1 heterocycles. The molecule has 0 saturated heterocycles. The molecular weight excluding hydrogens is 348 g/mol. The maximum absolute atomic E-state index is 11.8. The molecule has 1 aliphatic heterocycles. The van der Waals surface area contributed by atoms with Crippen molar-refractivity contribution in [3.8, 4) is 22.5 Å². The van der Waals surface area contributed by atoms with Gasteiger partial charge < -0.3 is 14.6 Å². The number of carboxylic acids is 2. The largest absolute Gasteiger partial charge is 0.478 e. The Kier molecular flexibility index (Phi) is 3.74. The van der Waals surface area contributed by atoms with E-state index in [1.165, 1.54) is 24.3 Å². The zero-order valence-electron chi connectivity index (χ0n) is 13.8. The normalized spacial score (nSPS) is 11.0. The average molecular weight is 360 g/mol. The Morgan fingerprint density at radius 2 is 1.56 bits per heavy atom. The molecule has 0 saturated carbocycles. The summed E-state index contributed by atoms with van der Waals surface area (Å²) in [5.41, 5.74) is 1.49. The van der Waals surface area contributed by atoms with Crippen LogP contribution in [0.3, 0.4) is 0 Å². The molecule has 4 rings (SSSR count). The van der Waals surface area contributed by atoms with Crippen molar-refractivity contribution in [3.05, 3.63) is 82.0 Å². The van der Waals surface area contributed by atoms with E-state index in [2.05, 4.69) is 0 Å². The molecule has 2 aromatic rings. The number of carbonyl (C=O) groups is 2. The monoisotopic (exact) mass is 360 g/mol. The first-order valence-corrected chi connectivity index (χ1v) is 8.02.